The fraction of sp³-hybridized carbons (Fsp3) is 0.321. The van der Waals surface area contributed by atoms with E-state index in [2.05, 4.69) is 88.4 Å². The van der Waals surface area contributed by atoms with Crippen LogP contribution in [-0.4, -0.2) is 5.78 Å². The van der Waals surface area contributed by atoms with Crippen molar-refractivity contribution in [2.45, 2.75) is 52.4 Å². The fourth-order valence-electron chi connectivity index (χ4n) is 5.04. The number of ether oxygens (including phenoxy) is 1. The maximum absolute atomic E-state index is 13.4. The van der Waals surface area contributed by atoms with Crippen molar-refractivity contribution in [2.75, 3.05) is 0 Å². The Morgan fingerprint density at radius 1 is 0.933 bits per heavy atom. The number of allylic oxidation sites excluding steroid dienone is 2. The summed E-state index contributed by atoms with van der Waals surface area (Å²) in [5, 5.41) is 2.34. The van der Waals surface area contributed by atoms with Crippen LogP contribution in [0.4, 0.5) is 0 Å². The van der Waals surface area contributed by atoms with Crippen LogP contribution in [0.3, 0.4) is 0 Å². The van der Waals surface area contributed by atoms with Gasteiger partial charge in [0.1, 0.15) is 11.5 Å². The van der Waals surface area contributed by atoms with Crippen molar-refractivity contribution in [1.29, 1.82) is 0 Å². The third-order valence-corrected chi connectivity index (χ3v) is 6.56. The van der Waals surface area contributed by atoms with E-state index in [1.54, 1.807) is 0 Å². The Bertz CT molecular complexity index is 1180. The van der Waals surface area contributed by atoms with Crippen molar-refractivity contribution in [3.63, 3.8) is 0 Å². The van der Waals surface area contributed by atoms with Gasteiger partial charge in [-0.3, -0.25) is 4.79 Å². The van der Waals surface area contributed by atoms with Gasteiger partial charge in [-0.25, -0.2) is 0 Å². The van der Waals surface area contributed by atoms with E-state index in [0.717, 1.165) is 34.5 Å². The van der Waals surface area contributed by atoms with Gasteiger partial charge < -0.3 is 4.74 Å². The quantitative estimate of drug-likeness (QED) is 0.460. The van der Waals surface area contributed by atoms with Crippen LogP contribution in [0.5, 0.6) is 5.75 Å². The molecule has 0 fully saturated rings. The average Bonchev–Trinajstić information content (AvgIpc) is 2.71. The number of rotatable bonds is 2. The second-order valence-electron chi connectivity index (χ2n) is 9.83. The predicted molar refractivity (Wildman–Crippen MR) is 122 cm³/mol. The van der Waals surface area contributed by atoms with Crippen molar-refractivity contribution in [3.8, 4) is 5.75 Å². The van der Waals surface area contributed by atoms with Gasteiger partial charge in [-0.1, -0.05) is 82.3 Å². The molecule has 0 aromatic heterocycles. The summed E-state index contributed by atoms with van der Waals surface area (Å²) in [6.45, 7) is 8.72. The van der Waals surface area contributed by atoms with Crippen molar-refractivity contribution < 1.29 is 9.53 Å². The van der Waals surface area contributed by atoms with Crippen LogP contribution in [0.1, 0.15) is 69.1 Å². The molecule has 3 aromatic rings. The van der Waals surface area contributed by atoms with E-state index in [-0.39, 0.29) is 17.1 Å². The first-order valence-electron chi connectivity index (χ1n) is 10.9. The van der Waals surface area contributed by atoms with Gasteiger partial charge in [0.05, 0.1) is 0 Å². The predicted octanol–water partition coefficient (Wildman–Crippen LogP) is 7.13. The van der Waals surface area contributed by atoms with Gasteiger partial charge in [0, 0.05) is 29.9 Å². The molecule has 5 rings (SSSR count). The number of fused-ring (bicyclic) bond motifs is 3. The average molecular weight is 397 g/mol. The minimum Gasteiger partial charge on any atom is -0.461 e. The summed E-state index contributed by atoms with van der Waals surface area (Å²) < 4.78 is 6.42. The van der Waals surface area contributed by atoms with E-state index in [0.29, 0.717) is 12.3 Å². The summed E-state index contributed by atoms with van der Waals surface area (Å²) in [7, 11) is 0. The highest BCUT2D eigenvalue weighted by atomic mass is 16.5. The molecule has 0 N–H and O–H groups in total. The third kappa shape index (κ3) is 3.06. The largest absolute Gasteiger partial charge is 0.461 e. The van der Waals surface area contributed by atoms with Crippen LogP contribution in [0, 0.1) is 5.41 Å². The molecule has 0 radical (unpaired) electrons. The Kier molecular flexibility index (Phi) is 4.36. The molecule has 2 aliphatic rings. The molecule has 2 nitrogen and oxygen atoms in total. The fourth-order valence-corrected chi connectivity index (χ4v) is 5.04. The first-order valence-corrected chi connectivity index (χ1v) is 10.9. The Morgan fingerprint density at radius 2 is 1.67 bits per heavy atom. The summed E-state index contributed by atoms with van der Waals surface area (Å²) in [4.78, 5) is 13.4. The molecular formula is C28H28O2. The topological polar surface area (TPSA) is 26.3 Å². The zero-order valence-corrected chi connectivity index (χ0v) is 18.2. The minimum atomic E-state index is -0.0836. The van der Waals surface area contributed by atoms with E-state index < -0.39 is 0 Å². The van der Waals surface area contributed by atoms with Crippen LogP contribution in [0.15, 0.2) is 72.0 Å². The summed E-state index contributed by atoms with van der Waals surface area (Å²) in [6, 6.07) is 21.4. The SMILES string of the molecule is CC(C)c1ccc(C2C3=C(CC(C)(C)CC3=O)Oc3ccc4ccccc4c32)cc1. The maximum atomic E-state index is 13.4. The van der Waals surface area contributed by atoms with E-state index >= 15 is 0 Å². The molecule has 0 bridgehead atoms. The van der Waals surface area contributed by atoms with Gasteiger partial charge in [0.2, 0.25) is 0 Å². The lowest BCUT2D eigenvalue weighted by atomic mass is 9.69. The number of carbonyl (C=O) groups excluding carboxylic acids is 1. The van der Waals surface area contributed by atoms with Gasteiger partial charge in [0.25, 0.3) is 0 Å². The highest BCUT2D eigenvalue weighted by molar-refractivity contribution is 6.02. The molecule has 0 amide bonds. The zero-order chi connectivity index (χ0) is 21.0. The lowest BCUT2D eigenvalue weighted by molar-refractivity contribution is -0.118. The molecule has 1 aliphatic carbocycles. The molecule has 30 heavy (non-hydrogen) atoms. The van der Waals surface area contributed by atoms with Crippen molar-refractivity contribution in [1.82, 2.24) is 0 Å². The van der Waals surface area contributed by atoms with Crippen molar-refractivity contribution >= 4 is 16.6 Å². The summed E-state index contributed by atoms with van der Waals surface area (Å²) in [5.74, 6) is 2.36. The molecule has 1 unspecified atom stereocenters. The second kappa shape index (κ2) is 6.84. The van der Waals surface area contributed by atoms with Gasteiger partial charge in [0.15, 0.2) is 5.78 Å². The molecule has 152 valence electrons. The molecule has 2 heteroatoms. The standard InChI is InChI=1S/C28H28O2/c1-17(2)18-9-11-20(12-10-18)25-26-21-8-6-5-7-19(21)13-14-23(26)30-24-16-28(3,4)15-22(29)27(24)25/h5-14,17,25H,15-16H2,1-4H3. The molecule has 0 saturated carbocycles. The Labute approximate surface area is 178 Å². The number of Topliss-reactive ketones (excluding diaryl/α,β-unsaturated/α-hetero) is 1. The molecule has 3 aromatic carbocycles. The van der Waals surface area contributed by atoms with Gasteiger partial charge in [-0.2, -0.15) is 0 Å². The summed E-state index contributed by atoms with van der Waals surface area (Å²) >= 11 is 0. The zero-order valence-electron chi connectivity index (χ0n) is 18.2. The van der Waals surface area contributed by atoms with E-state index in [1.165, 1.54) is 16.5 Å². The highest BCUT2D eigenvalue weighted by Gasteiger charge is 2.42. The number of hydrogen-bond donors (Lipinski definition) is 0. The lowest BCUT2D eigenvalue weighted by Gasteiger charge is -2.38. The first-order chi connectivity index (χ1) is 14.3. The molecule has 0 saturated heterocycles. The molecule has 1 heterocycles. The summed E-state index contributed by atoms with van der Waals surface area (Å²) in [5.41, 5.74) is 4.39. The van der Waals surface area contributed by atoms with Gasteiger partial charge >= 0.3 is 0 Å². The monoisotopic (exact) mass is 396 g/mol. The van der Waals surface area contributed by atoms with E-state index in [1.807, 2.05) is 0 Å². The third-order valence-electron chi connectivity index (χ3n) is 6.56. The molecule has 1 aliphatic heterocycles. The Balaban J connectivity index is 1.77. The number of hydrogen-bond acceptors (Lipinski definition) is 2. The van der Waals surface area contributed by atoms with Crippen LogP contribution >= 0.6 is 0 Å². The lowest BCUT2D eigenvalue weighted by Crippen LogP contribution is -2.33. The van der Waals surface area contributed by atoms with Crippen LogP contribution < -0.4 is 4.74 Å². The maximum Gasteiger partial charge on any atom is 0.163 e. The number of benzene rings is 3. The van der Waals surface area contributed by atoms with Crippen LogP contribution in [0.25, 0.3) is 10.8 Å². The van der Waals surface area contributed by atoms with Crippen molar-refractivity contribution in [2.24, 2.45) is 5.41 Å². The second-order valence-corrected chi connectivity index (χ2v) is 9.83. The molecule has 0 spiro atoms. The normalized spacial score (nSPS) is 20.2. The Morgan fingerprint density at radius 3 is 2.40 bits per heavy atom. The molecule has 1 atom stereocenters. The smallest absolute Gasteiger partial charge is 0.163 e. The van der Waals surface area contributed by atoms with Crippen LogP contribution in [-0.2, 0) is 4.79 Å². The number of ketones is 1. The summed E-state index contributed by atoms with van der Waals surface area (Å²) in [6.07, 6.45) is 1.36. The van der Waals surface area contributed by atoms with Crippen LogP contribution in [0.2, 0.25) is 0 Å². The number of carbonyl (C=O) groups is 1. The first kappa shape index (κ1) is 19.1. The van der Waals surface area contributed by atoms with E-state index in [4.69, 9.17) is 4.74 Å². The minimum absolute atomic E-state index is 0.0731. The van der Waals surface area contributed by atoms with Crippen molar-refractivity contribution in [3.05, 3.63) is 88.7 Å². The highest BCUT2D eigenvalue weighted by Crippen LogP contribution is 2.51. The van der Waals surface area contributed by atoms with Gasteiger partial charge in [-0.05, 0) is 39.3 Å². The van der Waals surface area contributed by atoms with Gasteiger partial charge in [-0.15, -0.1) is 0 Å². The molecular weight excluding hydrogens is 368 g/mol. The van der Waals surface area contributed by atoms with E-state index in [9.17, 15) is 4.79 Å². The Hall–Kier alpha value is -2.87.